The van der Waals surface area contributed by atoms with Crippen LogP contribution in [0.3, 0.4) is 0 Å². The molecule has 1 nitrogen and oxygen atoms in total. The molecule has 1 saturated carbocycles. The predicted molar refractivity (Wildman–Crippen MR) is 84.6 cm³/mol. The van der Waals surface area contributed by atoms with Crippen molar-refractivity contribution in [1.82, 2.24) is 0 Å². The summed E-state index contributed by atoms with van der Waals surface area (Å²) >= 11 is 1.38. The molecule has 1 aliphatic carbocycles. The van der Waals surface area contributed by atoms with Gasteiger partial charge in [0.15, 0.2) is 5.12 Å². The fraction of sp³-hybridized carbons (Fsp3) is 0.278. The number of hydrogen-bond donors (Lipinski definition) is 0. The van der Waals surface area contributed by atoms with Crippen LogP contribution in [-0.4, -0.2) is 5.12 Å². The molecule has 0 N–H and O–H groups in total. The van der Waals surface area contributed by atoms with E-state index < -0.39 is 0 Å². The molecule has 1 fully saturated rings. The van der Waals surface area contributed by atoms with Crippen LogP contribution in [0.1, 0.15) is 20.3 Å². The molecule has 3 rings (SSSR count). The van der Waals surface area contributed by atoms with Gasteiger partial charge in [0.05, 0.1) is 0 Å². The Kier molecular flexibility index (Phi) is 3.43. The van der Waals surface area contributed by atoms with Crippen LogP contribution in [0.25, 0.3) is 11.1 Å². The van der Waals surface area contributed by atoms with Gasteiger partial charge in [-0.05, 0) is 35.6 Å². The van der Waals surface area contributed by atoms with Crippen molar-refractivity contribution in [1.29, 1.82) is 0 Å². The molecule has 2 aromatic rings. The fourth-order valence-corrected chi connectivity index (χ4v) is 3.44. The smallest absolute Gasteiger partial charge is 0.199 e. The number of thioether (sulfide) groups is 1. The monoisotopic (exact) mass is 282 g/mol. The Labute approximate surface area is 124 Å². The Morgan fingerprint density at radius 1 is 1.05 bits per heavy atom. The molecule has 0 heterocycles. The average molecular weight is 282 g/mol. The maximum atomic E-state index is 12.2. The van der Waals surface area contributed by atoms with E-state index in [0.29, 0.717) is 11.0 Å². The van der Waals surface area contributed by atoms with Crippen LogP contribution in [0.15, 0.2) is 59.5 Å². The molecule has 20 heavy (non-hydrogen) atoms. The molecule has 2 aromatic carbocycles. The standard InChI is InChI=1S/C18H18OS/c1-13-12-18(13,2)17(19)20-16-10-8-15(9-11-16)14-6-4-3-5-7-14/h3-11,13H,12H2,1-2H3. The third-order valence-corrected chi connectivity index (χ3v) is 5.46. The zero-order chi connectivity index (χ0) is 14.2. The summed E-state index contributed by atoms with van der Waals surface area (Å²) in [7, 11) is 0. The summed E-state index contributed by atoms with van der Waals surface area (Å²) in [6, 6.07) is 18.5. The zero-order valence-corrected chi connectivity index (χ0v) is 12.6. The van der Waals surface area contributed by atoms with Gasteiger partial charge in [-0.15, -0.1) is 0 Å². The third kappa shape index (κ3) is 2.53. The summed E-state index contributed by atoms with van der Waals surface area (Å²) in [5.74, 6) is 0.533. The van der Waals surface area contributed by atoms with Crippen molar-refractivity contribution in [2.24, 2.45) is 11.3 Å². The summed E-state index contributed by atoms with van der Waals surface area (Å²) < 4.78 is 0. The van der Waals surface area contributed by atoms with Crippen molar-refractivity contribution >= 4 is 16.9 Å². The molecule has 0 aliphatic heterocycles. The van der Waals surface area contributed by atoms with Gasteiger partial charge in [0.25, 0.3) is 0 Å². The molecule has 0 aromatic heterocycles. The summed E-state index contributed by atoms with van der Waals surface area (Å²) in [6.45, 7) is 4.22. The fourth-order valence-electron chi connectivity index (χ4n) is 2.43. The number of carbonyl (C=O) groups excluding carboxylic acids is 1. The minimum absolute atomic E-state index is 0.0945. The second-order valence-corrected chi connectivity index (χ2v) is 6.85. The minimum atomic E-state index is -0.0945. The Bertz CT molecular complexity index is 618. The molecule has 0 amide bonds. The SMILES string of the molecule is CC1CC1(C)C(=O)Sc1ccc(-c2ccccc2)cc1. The van der Waals surface area contributed by atoms with Crippen molar-refractivity contribution < 1.29 is 4.79 Å². The Balaban J connectivity index is 1.73. The molecule has 1 aliphatic rings. The van der Waals surface area contributed by atoms with E-state index in [1.165, 1.54) is 22.9 Å². The molecule has 0 spiro atoms. The van der Waals surface area contributed by atoms with E-state index in [2.05, 4.69) is 38.1 Å². The molecule has 0 saturated heterocycles. The van der Waals surface area contributed by atoms with E-state index in [1.807, 2.05) is 30.3 Å². The summed E-state index contributed by atoms with van der Waals surface area (Å²) in [6.07, 6.45) is 1.03. The summed E-state index contributed by atoms with van der Waals surface area (Å²) in [5.41, 5.74) is 2.30. The van der Waals surface area contributed by atoms with Crippen molar-refractivity contribution in [3.05, 3.63) is 54.6 Å². The van der Waals surface area contributed by atoms with Crippen molar-refractivity contribution in [2.75, 3.05) is 0 Å². The first-order valence-corrected chi connectivity index (χ1v) is 7.79. The van der Waals surface area contributed by atoms with Gasteiger partial charge in [-0.2, -0.15) is 0 Å². The van der Waals surface area contributed by atoms with Gasteiger partial charge in [0.1, 0.15) is 0 Å². The lowest BCUT2D eigenvalue weighted by Crippen LogP contribution is -2.09. The van der Waals surface area contributed by atoms with Crippen LogP contribution in [0.2, 0.25) is 0 Å². The quantitative estimate of drug-likeness (QED) is 0.735. The highest BCUT2D eigenvalue weighted by Crippen LogP contribution is 2.55. The van der Waals surface area contributed by atoms with Crippen LogP contribution in [0.4, 0.5) is 0 Å². The predicted octanol–water partition coefficient (Wildman–Crippen LogP) is 5.02. The van der Waals surface area contributed by atoms with Crippen LogP contribution in [0, 0.1) is 11.3 Å². The first kappa shape index (κ1) is 13.4. The first-order chi connectivity index (χ1) is 9.59. The van der Waals surface area contributed by atoms with E-state index >= 15 is 0 Å². The molecule has 2 heteroatoms. The van der Waals surface area contributed by atoms with Gasteiger partial charge in [0.2, 0.25) is 0 Å². The number of carbonyl (C=O) groups is 1. The maximum absolute atomic E-state index is 12.2. The molecular weight excluding hydrogens is 264 g/mol. The second-order valence-electron chi connectivity index (χ2n) is 5.80. The van der Waals surface area contributed by atoms with E-state index in [9.17, 15) is 4.79 Å². The molecule has 0 bridgehead atoms. The minimum Gasteiger partial charge on any atom is -0.286 e. The lowest BCUT2D eigenvalue weighted by Gasteiger charge is -2.08. The molecule has 0 radical (unpaired) electrons. The van der Waals surface area contributed by atoms with Gasteiger partial charge in [-0.3, -0.25) is 4.79 Å². The van der Waals surface area contributed by atoms with Gasteiger partial charge in [0, 0.05) is 10.3 Å². The molecular formula is C18H18OS. The van der Waals surface area contributed by atoms with Gasteiger partial charge in [-0.25, -0.2) is 0 Å². The average Bonchev–Trinajstić information content (AvgIpc) is 3.10. The van der Waals surface area contributed by atoms with Crippen LogP contribution in [0.5, 0.6) is 0 Å². The zero-order valence-electron chi connectivity index (χ0n) is 11.8. The maximum Gasteiger partial charge on any atom is 0.199 e. The second kappa shape index (κ2) is 5.10. The lowest BCUT2D eigenvalue weighted by atomic mass is 10.1. The van der Waals surface area contributed by atoms with E-state index in [4.69, 9.17) is 0 Å². The Morgan fingerprint density at radius 2 is 1.60 bits per heavy atom. The largest absolute Gasteiger partial charge is 0.286 e. The van der Waals surface area contributed by atoms with Crippen LogP contribution in [-0.2, 0) is 4.79 Å². The van der Waals surface area contributed by atoms with Crippen LogP contribution < -0.4 is 0 Å². The van der Waals surface area contributed by atoms with Gasteiger partial charge >= 0.3 is 0 Å². The first-order valence-electron chi connectivity index (χ1n) is 6.97. The van der Waals surface area contributed by atoms with Crippen molar-refractivity contribution in [3.63, 3.8) is 0 Å². The van der Waals surface area contributed by atoms with E-state index in [1.54, 1.807) is 0 Å². The van der Waals surface area contributed by atoms with Crippen molar-refractivity contribution in [3.8, 4) is 11.1 Å². The Hall–Kier alpha value is -1.54. The molecule has 2 unspecified atom stereocenters. The number of rotatable bonds is 3. The molecule has 102 valence electrons. The normalized spacial score (nSPS) is 24.4. The summed E-state index contributed by atoms with van der Waals surface area (Å²) in [4.78, 5) is 13.3. The van der Waals surface area contributed by atoms with Gasteiger partial charge < -0.3 is 0 Å². The van der Waals surface area contributed by atoms with Gasteiger partial charge in [-0.1, -0.05) is 68.1 Å². The van der Waals surface area contributed by atoms with E-state index in [-0.39, 0.29) is 5.41 Å². The van der Waals surface area contributed by atoms with E-state index in [0.717, 1.165) is 11.3 Å². The Morgan fingerprint density at radius 3 is 2.15 bits per heavy atom. The lowest BCUT2D eigenvalue weighted by molar-refractivity contribution is -0.115. The highest BCUT2D eigenvalue weighted by Gasteiger charge is 2.52. The number of hydrogen-bond acceptors (Lipinski definition) is 2. The highest BCUT2D eigenvalue weighted by atomic mass is 32.2. The third-order valence-electron chi connectivity index (χ3n) is 4.30. The van der Waals surface area contributed by atoms with Crippen LogP contribution >= 0.6 is 11.8 Å². The number of benzene rings is 2. The highest BCUT2D eigenvalue weighted by molar-refractivity contribution is 8.13. The summed E-state index contributed by atoms with van der Waals surface area (Å²) in [5, 5.41) is 0.303. The topological polar surface area (TPSA) is 17.1 Å². The molecule has 2 atom stereocenters. The van der Waals surface area contributed by atoms with Crippen molar-refractivity contribution in [2.45, 2.75) is 25.2 Å².